The summed E-state index contributed by atoms with van der Waals surface area (Å²) in [5.74, 6) is 0. The lowest BCUT2D eigenvalue weighted by atomic mass is 10.4. The van der Waals surface area contributed by atoms with Crippen molar-refractivity contribution >= 4 is 32.5 Å². The lowest BCUT2D eigenvalue weighted by molar-refractivity contribution is 0.582. The average Bonchev–Trinajstić information content (AvgIpc) is 2.25. The Morgan fingerprint density at radius 2 is 1.67 bits per heavy atom. The maximum Gasteiger partial charge on any atom is 0.240 e. The van der Waals surface area contributed by atoms with Crippen molar-refractivity contribution in [3.05, 3.63) is 24.3 Å². The van der Waals surface area contributed by atoms with E-state index in [1.807, 2.05) is 0 Å². The smallest absolute Gasteiger partial charge is 0.240 e. The molecule has 1 aromatic carbocycles. The van der Waals surface area contributed by atoms with Gasteiger partial charge in [0.05, 0.1) is 9.79 Å². The molecule has 18 heavy (non-hydrogen) atoms. The van der Waals surface area contributed by atoms with Crippen LogP contribution in [-0.4, -0.2) is 29.9 Å². The van der Waals surface area contributed by atoms with Gasteiger partial charge in [-0.25, -0.2) is 26.7 Å². The minimum Gasteiger partial charge on any atom is -0.329 e. The second kappa shape index (κ2) is 6.45. The van der Waals surface area contributed by atoms with E-state index in [2.05, 4.69) is 4.72 Å². The van der Waals surface area contributed by atoms with Gasteiger partial charge in [-0.2, -0.15) is 0 Å². The third-order valence-electron chi connectivity index (χ3n) is 1.88. The molecule has 104 valence electrons. The van der Waals surface area contributed by atoms with Crippen LogP contribution >= 0.6 is 12.4 Å². The minimum atomic E-state index is -3.92. The molecule has 0 unspecified atom stereocenters. The maximum atomic E-state index is 11.7. The number of nitrogens with two attached hydrogens (primary N) is 2. The summed E-state index contributed by atoms with van der Waals surface area (Å²) in [7, 11) is -7.68. The van der Waals surface area contributed by atoms with Crippen LogP contribution in [0, 0.1) is 0 Å². The number of halogens is 1. The quantitative estimate of drug-likeness (QED) is 0.640. The van der Waals surface area contributed by atoms with Crippen LogP contribution in [0.3, 0.4) is 0 Å². The minimum absolute atomic E-state index is 0. The number of hydrogen-bond donors (Lipinski definition) is 3. The van der Waals surface area contributed by atoms with E-state index in [9.17, 15) is 16.8 Å². The highest BCUT2D eigenvalue weighted by Crippen LogP contribution is 2.14. The van der Waals surface area contributed by atoms with Crippen molar-refractivity contribution in [2.45, 2.75) is 9.79 Å². The topological polar surface area (TPSA) is 132 Å². The van der Waals surface area contributed by atoms with Gasteiger partial charge in [-0.3, -0.25) is 0 Å². The van der Waals surface area contributed by atoms with E-state index in [0.717, 1.165) is 6.07 Å². The fourth-order valence-corrected chi connectivity index (χ4v) is 2.82. The van der Waals surface area contributed by atoms with E-state index in [1.165, 1.54) is 18.2 Å². The molecule has 0 saturated carbocycles. The van der Waals surface area contributed by atoms with E-state index < -0.39 is 20.0 Å². The third-order valence-corrected chi connectivity index (χ3v) is 4.25. The van der Waals surface area contributed by atoms with Crippen LogP contribution in [0.15, 0.2) is 34.1 Å². The van der Waals surface area contributed by atoms with Gasteiger partial charge in [-0.15, -0.1) is 12.4 Å². The average molecular weight is 316 g/mol. The summed E-state index contributed by atoms with van der Waals surface area (Å²) in [6.07, 6.45) is 0. The van der Waals surface area contributed by atoms with Crippen LogP contribution in [0.25, 0.3) is 0 Å². The molecule has 1 rings (SSSR count). The molecule has 0 fully saturated rings. The Labute approximate surface area is 112 Å². The van der Waals surface area contributed by atoms with Gasteiger partial charge >= 0.3 is 0 Å². The zero-order valence-corrected chi connectivity index (χ0v) is 11.7. The molecule has 0 bridgehead atoms. The summed E-state index contributed by atoms with van der Waals surface area (Å²) >= 11 is 0. The molecule has 0 spiro atoms. The molecule has 1 aromatic rings. The second-order valence-electron chi connectivity index (χ2n) is 3.21. The predicted molar refractivity (Wildman–Crippen MR) is 69.3 cm³/mol. The fraction of sp³-hybridized carbons (Fsp3) is 0.250. The summed E-state index contributed by atoms with van der Waals surface area (Å²) in [6, 6.07) is 4.79. The summed E-state index contributed by atoms with van der Waals surface area (Å²) < 4.78 is 47.7. The standard InChI is InChI=1S/C8H13N3O4S2.ClH/c9-4-5-11-17(14,15)8-3-1-2-7(6-8)16(10,12)13;/h1-3,6,11H,4-5,9H2,(H2,10,12,13);1H. The molecular weight excluding hydrogens is 302 g/mol. The Kier molecular flexibility index (Phi) is 6.20. The number of rotatable bonds is 5. The van der Waals surface area contributed by atoms with Crippen LogP contribution in [0.5, 0.6) is 0 Å². The molecule has 0 saturated heterocycles. The molecule has 0 aliphatic heterocycles. The number of nitrogens with one attached hydrogen (secondary N) is 1. The van der Waals surface area contributed by atoms with Crippen molar-refractivity contribution < 1.29 is 16.8 Å². The van der Waals surface area contributed by atoms with Crippen molar-refractivity contribution in [2.24, 2.45) is 10.9 Å². The predicted octanol–water partition coefficient (Wildman–Crippen LogP) is -1.01. The maximum absolute atomic E-state index is 11.7. The first-order valence-corrected chi connectivity index (χ1v) is 7.63. The number of hydrogen-bond acceptors (Lipinski definition) is 5. The van der Waals surface area contributed by atoms with E-state index in [0.29, 0.717) is 0 Å². The third kappa shape index (κ3) is 4.52. The molecule has 0 amide bonds. The van der Waals surface area contributed by atoms with Gasteiger partial charge in [-0.1, -0.05) is 6.07 Å². The molecular formula is C8H14ClN3O4S2. The van der Waals surface area contributed by atoms with Crippen molar-refractivity contribution in [3.8, 4) is 0 Å². The fourth-order valence-electron chi connectivity index (χ4n) is 1.09. The molecule has 0 aromatic heterocycles. The summed E-state index contributed by atoms with van der Waals surface area (Å²) in [5.41, 5.74) is 5.17. The number of primary sulfonamides is 1. The molecule has 0 aliphatic rings. The van der Waals surface area contributed by atoms with Crippen LogP contribution in [-0.2, 0) is 20.0 Å². The first-order chi connectivity index (χ1) is 7.77. The van der Waals surface area contributed by atoms with Crippen LogP contribution < -0.4 is 15.6 Å². The van der Waals surface area contributed by atoms with Gasteiger partial charge in [0, 0.05) is 13.1 Å². The van der Waals surface area contributed by atoms with Gasteiger partial charge in [0.1, 0.15) is 0 Å². The normalized spacial score (nSPS) is 11.9. The highest BCUT2D eigenvalue weighted by Gasteiger charge is 2.16. The van der Waals surface area contributed by atoms with Crippen LogP contribution in [0.1, 0.15) is 0 Å². The zero-order chi connectivity index (χ0) is 13.1. The van der Waals surface area contributed by atoms with E-state index in [1.54, 1.807) is 0 Å². The Morgan fingerprint density at radius 1 is 1.11 bits per heavy atom. The van der Waals surface area contributed by atoms with Crippen molar-refractivity contribution in [1.82, 2.24) is 4.72 Å². The number of sulfonamides is 2. The molecule has 5 N–H and O–H groups in total. The Bertz CT molecular complexity index is 601. The zero-order valence-electron chi connectivity index (χ0n) is 9.24. The van der Waals surface area contributed by atoms with Gasteiger partial charge in [0.2, 0.25) is 20.0 Å². The van der Waals surface area contributed by atoms with Crippen LogP contribution in [0.2, 0.25) is 0 Å². The first-order valence-electron chi connectivity index (χ1n) is 4.60. The number of benzene rings is 1. The molecule has 0 atom stereocenters. The summed E-state index contributed by atoms with van der Waals surface area (Å²) in [4.78, 5) is -0.425. The molecule has 10 heteroatoms. The molecule has 0 aliphatic carbocycles. The summed E-state index contributed by atoms with van der Waals surface area (Å²) in [6.45, 7) is 0.218. The van der Waals surface area contributed by atoms with E-state index in [-0.39, 0.29) is 35.3 Å². The van der Waals surface area contributed by atoms with Crippen LogP contribution in [0.4, 0.5) is 0 Å². The lowest BCUT2D eigenvalue weighted by Crippen LogP contribution is -2.29. The Balaban J connectivity index is 0.00000289. The van der Waals surface area contributed by atoms with Gasteiger partial charge in [0.15, 0.2) is 0 Å². The van der Waals surface area contributed by atoms with Gasteiger partial charge in [-0.05, 0) is 18.2 Å². The SMILES string of the molecule is Cl.NCCNS(=O)(=O)c1cccc(S(N)(=O)=O)c1. The molecule has 0 heterocycles. The Morgan fingerprint density at radius 3 is 2.17 bits per heavy atom. The van der Waals surface area contributed by atoms with E-state index in [4.69, 9.17) is 10.9 Å². The largest absolute Gasteiger partial charge is 0.329 e. The Hall–Kier alpha value is -0.710. The van der Waals surface area contributed by atoms with Crippen molar-refractivity contribution in [2.75, 3.05) is 13.1 Å². The van der Waals surface area contributed by atoms with Crippen molar-refractivity contribution in [1.29, 1.82) is 0 Å². The molecule has 0 radical (unpaired) electrons. The van der Waals surface area contributed by atoms with E-state index >= 15 is 0 Å². The highest BCUT2D eigenvalue weighted by atomic mass is 35.5. The van der Waals surface area contributed by atoms with Crippen molar-refractivity contribution in [3.63, 3.8) is 0 Å². The highest BCUT2D eigenvalue weighted by molar-refractivity contribution is 7.90. The lowest BCUT2D eigenvalue weighted by Gasteiger charge is -2.06. The monoisotopic (exact) mass is 315 g/mol. The second-order valence-corrected chi connectivity index (χ2v) is 6.53. The summed E-state index contributed by atoms with van der Waals surface area (Å²) in [5, 5.41) is 4.91. The first kappa shape index (κ1) is 17.3. The van der Waals surface area contributed by atoms with Gasteiger partial charge in [0.25, 0.3) is 0 Å². The van der Waals surface area contributed by atoms with Gasteiger partial charge < -0.3 is 5.73 Å². The molecule has 7 nitrogen and oxygen atoms in total.